The lowest BCUT2D eigenvalue weighted by molar-refractivity contribution is 0.189. The molecule has 1 saturated heterocycles. The van der Waals surface area contributed by atoms with Crippen LogP contribution in [0.15, 0.2) is 24.3 Å². The predicted octanol–water partition coefficient (Wildman–Crippen LogP) is 3.02. The summed E-state index contributed by atoms with van der Waals surface area (Å²) < 4.78 is 5.84. The fourth-order valence-corrected chi connectivity index (χ4v) is 4.48. The molecule has 1 aliphatic carbocycles. The predicted molar refractivity (Wildman–Crippen MR) is 84.6 cm³/mol. The third-order valence-electron chi connectivity index (χ3n) is 5.55. The van der Waals surface area contributed by atoms with Gasteiger partial charge in [-0.1, -0.05) is 31.0 Å². The molecular formula is C18H26N2O. The maximum Gasteiger partial charge on any atom is 0.124 e. The average molecular weight is 286 g/mol. The lowest BCUT2D eigenvalue weighted by atomic mass is 9.79. The van der Waals surface area contributed by atoms with E-state index in [1.165, 1.54) is 50.6 Å². The molecule has 3 aliphatic rings. The second-order valence-corrected chi connectivity index (χ2v) is 6.83. The maximum atomic E-state index is 5.84. The van der Waals surface area contributed by atoms with E-state index < -0.39 is 0 Å². The molecule has 0 radical (unpaired) electrons. The molecule has 4 unspecified atom stereocenters. The molecule has 21 heavy (non-hydrogen) atoms. The van der Waals surface area contributed by atoms with Gasteiger partial charge >= 0.3 is 0 Å². The molecule has 0 aromatic heterocycles. The number of fused-ring (bicyclic) bond motifs is 1. The first-order chi connectivity index (χ1) is 10.4. The van der Waals surface area contributed by atoms with E-state index in [1.807, 2.05) is 0 Å². The van der Waals surface area contributed by atoms with Crippen molar-refractivity contribution in [3.63, 3.8) is 0 Å². The SMILES string of the molecule is c1ccc2c(c1)OCC2NC1CCCCC1C1CCCN1. The molecule has 1 saturated carbocycles. The van der Waals surface area contributed by atoms with Gasteiger partial charge in [0.2, 0.25) is 0 Å². The van der Waals surface area contributed by atoms with Gasteiger partial charge in [0.15, 0.2) is 0 Å². The van der Waals surface area contributed by atoms with Crippen LogP contribution in [0.5, 0.6) is 5.75 Å². The Kier molecular flexibility index (Phi) is 3.87. The Balaban J connectivity index is 1.47. The molecule has 2 N–H and O–H groups in total. The van der Waals surface area contributed by atoms with E-state index in [-0.39, 0.29) is 0 Å². The van der Waals surface area contributed by atoms with Gasteiger partial charge in [0.1, 0.15) is 12.4 Å². The zero-order valence-corrected chi connectivity index (χ0v) is 12.7. The molecular weight excluding hydrogens is 260 g/mol. The molecule has 0 spiro atoms. The Morgan fingerprint density at radius 1 is 1.05 bits per heavy atom. The Morgan fingerprint density at radius 3 is 2.86 bits per heavy atom. The van der Waals surface area contributed by atoms with Gasteiger partial charge in [0.05, 0.1) is 6.04 Å². The minimum Gasteiger partial charge on any atom is -0.491 e. The highest BCUT2D eigenvalue weighted by molar-refractivity contribution is 5.39. The van der Waals surface area contributed by atoms with Crippen molar-refractivity contribution in [2.24, 2.45) is 5.92 Å². The second kappa shape index (κ2) is 5.98. The average Bonchev–Trinajstić information content (AvgIpc) is 3.18. The highest BCUT2D eigenvalue weighted by Crippen LogP contribution is 2.36. The van der Waals surface area contributed by atoms with Crippen molar-refractivity contribution in [2.75, 3.05) is 13.2 Å². The normalized spacial score (nSPS) is 35.4. The van der Waals surface area contributed by atoms with Crippen LogP contribution in [0, 0.1) is 5.92 Å². The summed E-state index contributed by atoms with van der Waals surface area (Å²) in [5.74, 6) is 1.87. The molecule has 0 bridgehead atoms. The van der Waals surface area contributed by atoms with Crippen molar-refractivity contribution in [1.29, 1.82) is 0 Å². The molecule has 3 nitrogen and oxygen atoms in total. The minimum atomic E-state index is 0.383. The highest BCUT2D eigenvalue weighted by atomic mass is 16.5. The largest absolute Gasteiger partial charge is 0.491 e. The molecule has 2 heterocycles. The van der Waals surface area contributed by atoms with Gasteiger partial charge in [0.25, 0.3) is 0 Å². The number of para-hydroxylation sites is 1. The first-order valence-electron chi connectivity index (χ1n) is 8.63. The van der Waals surface area contributed by atoms with E-state index in [0.717, 1.165) is 24.3 Å². The molecule has 4 atom stereocenters. The van der Waals surface area contributed by atoms with Gasteiger partial charge in [-0.3, -0.25) is 0 Å². The van der Waals surface area contributed by atoms with Gasteiger partial charge in [-0.05, 0) is 44.2 Å². The van der Waals surface area contributed by atoms with Gasteiger partial charge in [-0.15, -0.1) is 0 Å². The number of nitrogens with one attached hydrogen (secondary N) is 2. The Bertz CT molecular complexity index is 484. The zero-order valence-electron chi connectivity index (χ0n) is 12.7. The van der Waals surface area contributed by atoms with Crippen LogP contribution in [0.4, 0.5) is 0 Å². The van der Waals surface area contributed by atoms with Crippen molar-refractivity contribution >= 4 is 0 Å². The van der Waals surface area contributed by atoms with Crippen LogP contribution in [0.3, 0.4) is 0 Å². The first kappa shape index (κ1) is 13.6. The fourth-order valence-electron chi connectivity index (χ4n) is 4.48. The van der Waals surface area contributed by atoms with E-state index in [9.17, 15) is 0 Å². The topological polar surface area (TPSA) is 33.3 Å². The number of benzene rings is 1. The van der Waals surface area contributed by atoms with Gasteiger partial charge < -0.3 is 15.4 Å². The second-order valence-electron chi connectivity index (χ2n) is 6.83. The Morgan fingerprint density at radius 2 is 1.95 bits per heavy atom. The Labute approximate surface area is 127 Å². The monoisotopic (exact) mass is 286 g/mol. The van der Waals surface area contributed by atoms with E-state index in [0.29, 0.717) is 12.1 Å². The van der Waals surface area contributed by atoms with Crippen LogP contribution in [-0.4, -0.2) is 25.2 Å². The molecule has 0 amide bonds. The summed E-state index contributed by atoms with van der Waals surface area (Å²) in [6, 6.07) is 10.3. The summed E-state index contributed by atoms with van der Waals surface area (Å²) in [6.45, 7) is 2.00. The minimum absolute atomic E-state index is 0.383. The molecule has 1 aromatic rings. The van der Waals surface area contributed by atoms with Crippen LogP contribution in [0.2, 0.25) is 0 Å². The number of hydrogen-bond acceptors (Lipinski definition) is 3. The van der Waals surface area contributed by atoms with E-state index in [4.69, 9.17) is 4.74 Å². The highest BCUT2D eigenvalue weighted by Gasteiger charge is 2.35. The smallest absolute Gasteiger partial charge is 0.124 e. The molecule has 114 valence electrons. The lowest BCUT2D eigenvalue weighted by Crippen LogP contribution is -2.48. The first-order valence-corrected chi connectivity index (χ1v) is 8.63. The van der Waals surface area contributed by atoms with Crippen molar-refractivity contribution < 1.29 is 4.74 Å². The van der Waals surface area contributed by atoms with Crippen LogP contribution >= 0.6 is 0 Å². The van der Waals surface area contributed by atoms with E-state index in [1.54, 1.807) is 0 Å². The summed E-state index contributed by atoms with van der Waals surface area (Å²) in [7, 11) is 0. The van der Waals surface area contributed by atoms with Gasteiger partial charge in [-0.25, -0.2) is 0 Å². The number of rotatable bonds is 3. The van der Waals surface area contributed by atoms with Crippen LogP contribution in [0.25, 0.3) is 0 Å². The van der Waals surface area contributed by atoms with Crippen LogP contribution < -0.4 is 15.4 Å². The Hall–Kier alpha value is -1.06. The molecule has 2 fully saturated rings. The molecule has 4 rings (SSSR count). The third-order valence-corrected chi connectivity index (χ3v) is 5.55. The quantitative estimate of drug-likeness (QED) is 0.896. The third kappa shape index (κ3) is 2.69. The summed E-state index contributed by atoms with van der Waals surface area (Å²) in [5.41, 5.74) is 1.35. The summed E-state index contributed by atoms with van der Waals surface area (Å²) in [5, 5.41) is 7.67. The van der Waals surface area contributed by atoms with Gasteiger partial charge in [-0.2, -0.15) is 0 Å². The zero-order chi connectivity index (χ0) is 14.1. The van der Waals surface area contributed by atoms with Crippen molar-refractivity contribution in [2.45, 2.75) is 56.7 Å². The standard InChI is InChI=1S/C18H26N2O/c1-3-8-16(13(6-1)15-9-5-11-19-15)20-17-12-21-18-10-4-2-7-14(17)18/h2,4,7,10,13,15-17,19-20H,1,3,5-6,8-9,11-12H2. The number of hydrogen-bond donors (Lipinski definition) is 2. The summed E-state index contributed by atoms with van der Waals surface area (Å²) in [4.78, 5) is 0. The van der Waals surface area contributed by atoms with Crippen molar-refractivity contribution in [3.8, 4) is 5.75 Å². The fraction of sp³-hybridized carbons (Fsp3) is 0.667. The summed E-state index contributed by atoms with van der Waals surface area (Å²) >= 11 is 0. The van der Waals surface area contributed by atoms with Crippen molar-refractivity contribution in [1.82, 2.24) is 10.6 Å². The van der Waals surface area contributed by atoms with Crippen LogP contribution in [-0.2, 0) is 0 Å². The maximum absolute atomic E-state index is 5.84. The van der Waals surface area contributed by atoms with Gasteiger partial charge in [0, 0.05) is 17.6 Å². The number of ether oxygens (including phenoxy) is 1. The molecule has 3 heteroatoms. The lowest BCUT2D eigenvalue weighted by Gasteiger charge is -2.37. The molecule has 1 aromatic carbocycles. The van der Waals surface area contributed by atoms with Crippen LogP contribution in [0.1, 0.15) is 50.1 Å². The van der Waals surface area contributed by atoms with Crippen molar-refractivity contribution in [3.05, 3.63) is 29.8 Å². The van der Waals surface area contributed by atoms with E-state index in [2.05, 4.69) is 34.9 Å². The van der Waals surface area contributed by atoms with E-state index >= 15 is 0 Å². The summed E-state index contributed by atoms with van der Waals surface area (Å²) in [6.07, 6.45) is 8.19. The molecule has 2 aliphatic heterocycles.